The lowest BCUT2D eigenvalue weighted by Gasteiger charge is -2.50. The second-order valence-corrected chi connectivity index (χ2v) is 9.03. The molecule has 9 heteroatoms. The predicted octanol–water partition coefficient (Wildman–Crippen LogP) is 1.78. The molecule has 2 atom stereocenters. The van der Waals surface area contributed by atoms with Gasteiger partial charge >= 0.3 is 6.03 Å². The molecule has 0 unspecified atom stereocenters. The quantitative estimate of drug-likeness (QED) is 0.719. The first-order chi connectivity index (χ1) is 15.4. The number of aromatic nitrogens is 2. The molecule has 3 aliphatic heterocycles. The Bertz CT molecular complexity index is 1200. The second-order valence-electron chi connectivity index (χ2n) is 9.03. The number of urea groups is 1. The maximum Gasteiger partial charge on any atom is 0.330 e. The van der Waals surface area contributed by atoms with Gasteiger partial charge < -0.3 is 4.90 Å². The SMILES string of the molecule is CCCN1C(=O)NC(=O)[C@]2(Cc3c(nc4c(C)cccn4c3=O)N3CCCCC[C@@H]32)C1=O. The standard InChI is InChI=1S/C23H27N5O4/c1-3-10-28-21(31)23(20(30)25-22(28)32)13-15-18(26-11-6-4-5-9-16(23)26)24-17-14(2)8-7-12-27(17)19(15)29/h7-8,12,16H,3-6,9-11,13H2,1-2H3,(H,25,30,32)/t16-,23-/m1/s1. The molecule has 2 saturated heterocycles. The highest BCUT2D eigenvalue weighted by molar-refractivity contribution is 6.20. The summed E-state index contributed by atoms with van der Waals surface area (Å²) in [7, 11) is 0. The minimum Gasteiger partial charge on any atom is -0.352 e. The third kappa shape index (κ3) is 2.73. The summed E-state index contributed by atoms with van der Waals surface area (Å²) >= 11 is 0. The van der Waals surface area contributed by atoms with Crippen molar-refractivity contribution in [2.24, 2.45) is 5.41 Å². The van der Waals surface area contributed by atoms with Crippen molar-refractivity contribution in [2.45, 2.75) is 58.4 Å². The summed E-state index contributed by atoms with van der Waals surface area (Å²) in [6.45, 7) is 4.62. The van der Waals surface area contributed by atoms with Gasteiger partial charge in [0, 0.05) is 25.7 Å². The van der Waals surface area contributed by atoms with Gasteiger partial charge in [0.15, 0.2) is 5.41 Å². The first kappa shape index (κ1) is 20.7. The molecule has 32 heavy (non-hydrogen) atoms. The van der Waals surface area contributed by atoms with E-state index in [9.17, 15) is 19.2 Å². The molecule has 5 rings (SSSR count). The lowest BCUT2D eigenvalue weighted by Crippen LogP contribution is -2.72. The van der Waals surface area contributed by atoms with Crippen molar-refractivity contribution in [3.05, 3.63) is 39.8 Å². The van der Waals surface area contributed by atoms with Crippen molar-refractivity contribution in [2.75, 3.05) is 18.0 Å². The number of rotatable bonds is 2. The van der Waals surface area contributed by atoms with Crippen LogP contribution in [0, 0.1) is 12.3 Å². The van der Waals surface area contributed by atoms with Crippen LogP contribution >= 0.6 is 0 Å². The fourth-order valence-corrected chi connectivity index (χ4v) is 5.57. The summed E-state index contributed by atoms with van der Waals surface area (Å²) in [6.07, 6.45) is 5.54. The zero-order valence-corrected chi connectivity index (χ0v) is 18.4. The Kier molecular flexibility index (Phi) is 4.79. The second kappa shape index (κ2) is 7.43. The summed E-state index contributed by atoms with van der Waals surface area (Å²) < 4.78 is 1.49. The van der Waals surface area contributed by atoms with Crippen LogP contribution in [0.5, 0.6) is 0 Å². The van der Waals surface area contributed by atoms with E-state index in [0.717, 1.165) is 29.7 Å². The van der Waals surface area contributed by atoms with Crippen molar-refractivity contribution in [3.63, 3.8) is 0 Å². The van der Waals surface area contributed by atoms with Crippen LogP contribution in [0.15, 0.2) is 23.1 Å². The number of nitrogens with one attached hydrogen (secondary N) is 1. The van der Waals surface area contributed by atoms with Crippen molar-refractivity contribution >= 4 is 29.3 Å². The van der Waals surface area contributed by atoms with E-state index in [-0.39, 0.29) is 18.5 Å². The van der Waals surface area contributed by atoms with E-state index in [0.29, 0.717) is 36.4 Å². The Labute approximate surface area is 185 Å². The first-order valence-electron chi connectivity index (χ1n) is 11.3. The zero-order chi connectivity index (χ0) is 22.6. The van der Waals surface area contributed by atoms with Crippen molar-refractivity contribution in [1.29, 1.82) is 0 Å². The Morgan fingerprint density at radius 3 is 2.78 bits per heavy atom. The highest BCUT2D eigenvalue weighted by atomic mass is 16.2. The summed E-state index contributed by atoms with van der Waals surface area (Å²) in [5.41, 5.74) is 0.0396. The molecule has 0 bridgehead atoms. The molecule has 0 radical (unpaired) electrons. The van der Waals surface area contributed by atoms with E-state index >= 15 is 0 Å². The number of nitrogens with zero attached hydrogens (tertiary/aromatic N) is 4. The molecule has 1 spiro atoms. The molecule has 0 aromatic carbocycles. The van der Waals surface area contributed by atoms with Gasteiger partial charge in [-0.15, -0.1) is 0 Å². The normalized spacial score (nSPS) is 25.6. The maximum absolute atomic E-state index is 13.8. The molecule has 2 aromatic heterocycles. The highest BCUT2D eigenvalue weighted by Crippen LogP contribution is 2.45. The summed E-state index contributed by atoms with van der Waals surface area (Å²) in [5, 5.41) is 2.43. The number of fused-ring (bicyclic) bond motifs is 5. The van der Waals surface area contributed by atoms with Crippen molar-refractivity contribution in [3.8, 4) is 0 Å². The molecular weight excluding hydrogens is 410 g/mol. The molecule has 0 aliphatic carbocycles. The lowest BCUT2D eigenvalue weighted by molar-refractivity contribution is -0.153. The van der Waals surface area contributed by atoms with Crippen molar-refractivity contribution < 1.29 is 14.4 Å². The highest BCUT2D eigenvalue weighted by Gasteiger charge is 2.62. The monoisotopic (exact) mass is 437 g/mol. The number of hydrogen-bond donors (Lipinski definition) is 1. The zero-order valence-electron chi connectivity index (χ0n) is 18.4. The number of amides is 4. The van der Waals surface area contributed by atoms with Gasteiger partial charge in [0.2, 0.25) is 11.8 Å². The number of aryl methyl sites for hydroxylation is 1. The van der Waals surface area contributed by atoms with Gasteiger partial charge in [-0.1, -0.05) is 25.8 Å². The molecule has 9 nitrogen and oxygen atoms in total. The van der Waals surface area contributed by atoms with E-state index in [1.807, 2.05) is 24.8 Å². The number of pyridine rings is 1. The number of carbonyl (C=O) groups is 3. The number of anilines is 1. The van der Waals surface area contributed by atoms with E-state index < -0.39 is 29.3 Å². The smallest absolute Gasteiger partial charge is 0.330 e. The average Bonchev–Trinajstić information content (AvgIpc) is 3.03. The molecule has 4 amide bonds. The fraction of sp³-hybridized carbons (Fsp3) is 0.522. The Hall–Kier alpha value is -3.23. The third-order valence-corrected chi connectivity index (χ3v) is 7.12. The molecule has 1 N–H and O–H groups in total. The minimum absolute atomic E-state index is 0.0512. The van der Waals surface area contributed by atoms with E-state index in [1.54, 1.807) is 12.3 Å². The molecular formula is C23H27N5O4. The van der Waals surface area contributed by atoms with Crippen LogP contribution in [0.3, 0.4) is 0 Å². The van der Waals surface area contributed by atoms with Gasteiger partial charge in [-0.25, -0.2) is 9.78 Å². The molecule has 5 heterocycles. The fourth-order valence-electron chi connectivity index (χ4n) is 5.57. The number of barbiturate groups is 1. The van der Waals surface area contributed by atoms with E-state index in [2.05, 4.69) is 5.32 Å². The van der Waals surface area contributed by atoms with Crippen molar-refractivity contribution in [1.82, 2.24) is 19.6 Å². The van der Waals surface area contributed by atoms with E-state index in [1.165, 1.54) is 4.40 Å². The molecule has 0 saturated carbocycles. The average molecular weight is 438 g/mol. The van der Waals surface area contributed by atoms with Gasteiger partial charge in [-0.05, 0) is 37.8 Å². The first-order valence-corrected chi connectivity index (χ1v) is 11.3. The largest absolute Gasteiger partial charge is 0.352 e. The third-order valence-electron chi connectivity index (χ3n) is 7.12. The van der Waals surface area contributed by atoms with Crippen LogP contribution in [-0.2, 0) is 16.0 Å². The molecule has 3 aliphatic rings. The van der Waals surface area contributed by atoms with Gasteiger partial charge in [0.05, 0.1) is 11.6 Å². The van der Waals surface area contributed by atoms with Gasteiger partial charge in [0.1, 0.15) is 11.5 Å². The minimum atomic E-state index is -1.51. The van der Waals surface area contributed by atoms with Gasteiger partial charge in [0.25, 0.3) is 5.56 Å². The van der Waals surface area contributed by atoms with Crippen LogP contribution in [0.4, 0.5) is 10.6 Å². The summed E-state index contributed by atoms with van der Waals surface area (Å²) in [5.74, 6) is -0.526. The van der Waals surface area contributed by atoms with Gasteiger partial charge in [-0.2, -0.15) is 0 Å². The van der Waals surface area contributed by atoms with Crippen LogP contribution in [0.2, 0.25) is 0 Å². The number of hydrogen-bond acceptors (Lipinski definition) is 6. The Balaban J connectivity index is 1.77. The van der Waals surface area contributed by atoms with Gasteiger partial charge in [-0.3, -0.25) is 29.0 Å². The Morgan fingerprint density at radius 2 is 2.00 bits per heavy atom. The Morgan fingerprint density at radius 1 is 1.19 bits per heavy atom. The molecule has 2 aromatic rings. The predicted molar refractivity (Wildman–Crippen MR) is 117 cm³/mol. The summed E-state index contributed by atoms with van der Waals surface area (Å²) in [6, 6.07) is 2.56. The van der Waals surface area contributed by atoms with Crippen LogP contribution < -0.4 is 15.8 Å². The van der Waals surface area contributed by atoms with E-state index in [4.69, 9.17) is 4.98 Å². The van der Waals surface area contributed by atoms with Crippen LogP contribution in [0.25, 0.3) is 5.65 Å². The molecule has 168 valence electrons. The summed E-state index contributed by atoms with van der Waals surface area (Å²) in [4.78, 5) is 61.3. The lowest BCUT2D eigenvalue weighted by atomic mass is 9.68. The van der Waals surface area contributed by atoms with Crippen LogP contribution in [0.1, 0.15) is 50.2 Å². The van der Waals surface area contributed by atoms with Crippen LogP contribution in [-0.4, -0.2) is 51.3 Å². The maximum atomic E-state index is 13.8. The topological polar surface area (TPSA) is 104 Å². The molecule has 2 fully saturated rings. The number of carbonyl (C=O) groups excluding carboxylic acids is 3. The number of imide groups is 2.